The number of hydrogen-bond acceptors (Lipinski definition) is 3. The summed E-state index contributed by atoms with van der Waals surface area (Å²) in [5.74, 6) is 0.847. The van der Waals surface area contributed by atoms with Gasteiger partial charge in [0.05, 0.1) is 12.7 Å². The molecule has 1 saturated heterocycles. The SMILES string of the molecule is CN=C(NCCCOCC1CCCO1)NCCc1ccccc1.I. The predicted octanol–water partition coefficient (Wildman–Crippen LogP) is 2.60. The van der Waals surface area contributed by atoms with Gasteiger partial charge in [-0.2, -0.15) is 0 Å². The molecule has 0 amide bonds. The van der Waals surface area contributed by atoms with Crippen LogP contribution in [0, 0.1) is 0 Å². The fourth-order valence-electron chi connectivity index (χ4n) is 2.56. The average Bonchev–Trinajstić information content (AvgIpc) is 3.10. The topological polar surface area (TPSA) is 54.9 Å². The summed E-state index contributed by atoms with van der Waals surface area (Å²) in [6.07, 6.45) is 4.57. The lowest BCUT2D eigenvalue weighted by Crippen LogP contribution is -2.39. The Hall–Kier alpha value is -0.860. The van der Waals surface area contributed by atoms with E-state index >= 15 is 0 Å². The van der Waals surface area contributed by atoms with Crippen LogP contribution in [0.1, 0.15) is 24.8 Å². The van der Waals surface area contributed by atoms with Gasteiger partial charge < -0.3 is 20.1 Å². The summed E-state index contributed by atoms with van der Waals surface area (Å²) in [5, 5.41) is 6.64. The number of hydrogen-bond donors (Lipinski definition) is 2. The Morgan fingerprint density at radius 1 is 1.25 bits per heavy atom. The third-order valence-corrected chi connectivity index (χ3v) is 3.86. The first-order valence-electron chi connectivity index (χ1n) is 8.56. The van der Waals surface area contributed by atoms with Crippen LogP contribution in [0.5, 0.6) is 0 Å². The van der Waals surface area contributed by atoms with E-state index in [2.05, 4.69) is 39.9 Å². The molecule has 0 aromatic heterocycles. The first-order valence-corrected chi connectivity index (χ1v) is 8.56. The molecule has 1 aromatic rings. The van der Waals surface area contributed by atoms with Crippen molar-refractivity contribution < 1.29 is 9.47 Å². The molecule has 0 saturated carbocycles. The Morgan fingerprint density at radius 2 is 2.04 bits per heavy atom. The maximum atomic E-state index is 5.65. The van der Waals surface area contributed by atoms with Crippen molar-refractivity contribution in [2.24, 2.45) is 4.99 Å². The fourth-order valence-corrected chi connectivity index (χ4v) is 2.56. The van der Waals surface area contributed by atoms with Gasteiger partial charge >= 0.3 is 0 Å². The number of halogens is 1. The maximum absolute atomic E-state index is 5.65. The Bertz CT molecular complexity index is 451. The highest BCUT2D eigenvalue weighted by atomic mass is 127. The van der Waals surface area contributed by atoms with E-state index in [0.29, 0.717) is 6.10 Å². The third kappa shape index (κ3) is 8.84. The van der Waals surface area contributed by atoms with Crippen LogP contribution in [-0.2, 0) is 15.9 Å². The zero-order valence-electron chi connectivity index (χ0n) is 14.5. The number of nitrogens with one attached hydrogen (secondary N) is 2. The molecule has 24 heavy (non-hydrogen) atoms. The molecule has 2 N–H and O–H groups in total. The monoisotopic (exact) mass is 447 g/mol. The van der Waals surface area contributed by atoms with Gasteiger partial charge in [-0.3, -0.25) is 4.99 Å². The van der Waals surface area contributed by atoms with Gasteiger partial charge in [-0.25, -0.2) is 0 Å². The van der Waals surface area contributed by atoms with E-state index in [1.165, 1.54) is 12.0 Å². The van der Waals surface area contributed by atoms with Gasteiger partial charge in [0.15, 0.2) is 5.96 Å². The second-order valence-corrected chi connectivity index (χ2v) is 5.72. The number of guanidine groups is 1. The largest absolute Gasteiger partial charge is 0.379 e. The molecule has 1 aromatic carbocycles. The number of aliphatic imine (C=N–C) groups is 1. The van der Waals surface area contributed by atoms with Crippen molar-refractivity contribution in [2.75, 3.05) is 40.0 Å². The standard InChI is InChI=1S/C18H29N3O2.HI/c1-19-18(21-12-10-16-7-3-2-4-8-16)20-11-6-13-22-15-17-9-5-14-23-17;/h2-4,7-8,17H,5-6,9-15H2,1H3,(H2,19,20,21);1H. The molecule has 1 atom stereocenters. The highest BCUT2D eigenvalue weighted by molar-refractivity contribution is 14.0. The van der Waals surface area contributed by atoms with Gasteiger partial charge in [0.25, 0.3) is 0 Å². The molecule has 6 heteroatoms. The Morgan fingerprint density at radius 3 is 2.75 bits per heavy atom. The third-order valence-electron chi connectivity index (χ3n) is 3.86. The van der Waals surface area contributed by atoms with Crippen LogP contribution in [0.15, 0.2) is 35.3 Å². The first kappa shape index (κ1) is 21.2. The molecule has 1 aliphatic rings. The molecule has 0 spiro atoms. The van der Waals surface area contributed by atoms with Crippen molar-refractivity contribution in [3.63, 3.8) is 0 Å². The van der Waals surface area contributed by atoms with Crippen molar-refractivity contribution in [2.45, 2.75) is 31.8 Å². The van der Waals surface area contributed by atoms with E-state index in [0.717, 1.165) is 58.1 Å². The molecule has 1 unspecified atom stereocenters. The lowest BCUT2D eigenvalue weighted by molar-refractivity contribution is 0.0168. The Labute approximate surface area is 162 Å². The molecule has 0 radical (unpaired) electrons. The van der Waals surface area contributed by atoms with Gasteiger partial charge in [-0.15, -0.1) is 24.0 Å². The minimum atomic E-state index is 0. The van der Waals surface area contributed by atoms with Crippen LogP contribution >= 0.6 is 24.0 Å². The molecular formula is C18H30IN3O2. The smallest absolute Gasteiger partial charge is 0.190 e. The van der Waals surface area contributed by atoms with Crippen molar-refractivity contribution in [3.8, 4) is 0 Å². The molecule has 5 nitrogen and oxygen atoms in total. The highest BCUT2D eigenvalue weighted by Crippen LogP contribution is 2.11. The van der Waals surface area contributed by atoms with Crippen molar-refractivity contribution in [1.29, 1.82) is 0 Å². The highest BCUT2D eigenvalue weighted by Gasteiger charge is 2.14. The molecule has 1 aliphatic heterocycles. The quantitative estimate of drug-likeness (QED) is 0.265. The van der Waals surface area contributed by atoms with Crippen LogP contribution in [0.25, 0.3) is 0 Å². The normalized spacial score (nSPS) is 17.4. The molecule has 136 valence electrons. The van der Waals surface area contributed by atoms with E-state index in [1.54, 1.807) is 7.05 Å². The fraction of sp³-hybridized carbons (Fsp3) is 0.611. The summed E-state index contributed by atoms with van der Waals surface area (Å²) in [6.45, 7) is 4.11. The zero-order valence-corrected chi connectivity index (χ0v) is 16.8. The molecule has 1 fully saturated rings. The van der Waals surface area contributed by atoms with Crippen LogP contribution in [-0.4, -0.2) is 52.0 Å². The minimum absolute atomic E-state index is 0. The Balaban J connectivity index is 0.00000288. The Kier molecular flexibility index (Phi) is 11.9. The van der Waals surface area contributed by atoms with E-state index in [-0.39, 0.29) is 24.0 Å². The van der Waals surface area contributed by atoms with E-state index in [1.807, 2.05) is 6.07 Å². The molecule has 0 bridgehead atoms. The molecular weight excluding hydrogens is 417 g/mol. The van der Waals surface area contributed by atoms with Gasteiger partial charge in [-0.1, -0.05) is 30.3 Å². The van der Waals surface area contributed by atoms with Gasteiger partial charge in [0, 0.05) is 33.4 Å². The van der Waals surface area contributed by atoms with Crippen LogP contribution in [0.2, 0.25) is 0 Å². The summed E-state index contributed by atoms with van der Waals surface area (Å²) in [7, 11) is 1.80. The van der Waals surface area contributed by atoms with Crippen LogP contribution in [0.4, 0.5) is 0 Å². The van der Waals surface area contributed by atoms with E-state index in [9.17, 15) is 0 Å². The van der Waals surface area contributed by atoms with Gasteiger partial charge in [-0.05, 0) is 31.2 Å². The number of rotatable bonds is 9. The van der Waals surface area contributed by atoms with E-state index in [4.69, 9.17) is 9.47 Å². The number of benzene rings is 1. The van der Waals surface area contributed by atoms with E-state index < -0.39 is 0 Å². The lowest BCUT2D eigenvalue weighted by Gasteiger charge is -2.13. The number of nitrogens with zero attached hydrogens (tertiary/aromatic N) is 1. The minimum Gasteiger partial charge on any atom is -0.379 e. The summed E-state index contributed by atoms with van der Waals surface area (Å²) in [4.78, 5) is 4.23. The summed E-state index contributed by atoms with van der Waals surface area (Å²) >= 11 is 0. The molecule has 1 heterocycles. The van der Waals surface area contributed by atoms with Crippen molar-refractivity contribution >= 4 is 29.9 Å². The van der Waals surface area contributed by atoms with Gasteiger partial charge in [0.1, 0.15) is 0 Å². The summed E-state index contributed by atoms with van der Waals surface area (Å²) in [6, 6.07) is 10.5. The predicted molar refractivity (Wildman–Crippen MR) is 109 cm³/mol. The molecule has 2 rings (SSSR count). The second kappa shape index (κ2) is 13.4. The maximum Gasteiger partial charge on any atom is 0.190 e. The van der Waals surface area contributed by atoms with Crippen LogP contribution < -0.4 is 10.6 Å². The van der Waals surface area contributed by atoms with Gasteiger partial charge in [0.2, 0.25) is 0 Å². The zero-order chi connectivity index (χ0) is 16.2. The summed E-state index contributed by atoms with van der Waals surface area (Å²) in [5.41, 5.74) is 1.33. The molecule has 0 aliphatic carbocycles. The lowest BCUT2D eigenvalue weighted by atomic mass is 10.1. The summed E-state index contributed by atoms with van der Waals surface area (Å²) < 4.78 is 11.2. The second-order valence-electron chi connectivity index (χ2n) is 5.72. The van der Waals surface area contributed by atoms with Crippen LogP contribution in [0.3, 0.4) is 0 Å². The number of ether oxygens (including phenoxy) is 2. The van der Waals surface area contributed by atoms with Crippen molar-refractivity contribution in [1.82, 2.24) is 10.6 Å². The van der Waals surface area contributed by atoms with Crippen molar-refractivity contribution in [3.05, 3.63) is 35.9 Å². The average molecular weight is 447 g/mol. The first-order chi connectivity index (χ1) is 11.4.